The van der Waals surface area contributed by atoms with Gasteiger partial charge in [0.25, 0.3) is 5.91 Å². The molecule has 6 heteroatoms. The first-order valence-electron chi connectivity index (χ1n) is 7.36. The Hall–Kier alpha value is -2.37. The fourth-order valence-electron chi connectivity index (χ4n) is 1.98. The molecule has 0 aliphatic rings. The summed E-state index contributed by atoms with van der Waals surface area (Å²) in [6.07, 6.45) is -0.0927. The number of amides is 1. The topological polar surface area (TPSA) is 92.7 Å². The number of esters is 1. The number of ether oxygens (including phenoxy) is 1. The minimum absolute atomic E-state index is 0.0200. The highest BCUT2D eigenvalue weighted by atomic mass is 16.5. The van der Waals surface area contributed by atoms with E-state index in [1.165, 1.54) is 7.11 Å². The molecule has 0 spiro atoms. The first kappa shape index (κ1) is 18.7. The summed E-state index contributed by atoms with van der Waals surface area (Å²) in [5.41, 5.74) is 1.43. The van der Waals surface area contributed by atoms with Crippen LogP contribution in [0.5, 0.6) is 0 Å². The minimum Gasteiger partial charge on any atom is -0.480 e. The fraction of sp³-hybridized carbons (Fsp3) is 0.471. The molecule has 1 amide bonds. The Morgan fingerprint density at radius 3 is 2.17 bits per heavy atom. The molecular formula is C17H23NO5. The van der Waals surface area contributed by atoms with E-state index in [4.69, 9.17) is 5.11 Å². The Balaban J connectivity index is 2.75. The number of rotatable bonds is 6. The molecule has 0 unspecified atom stereocenters. The number of methoxy groups -OCH3 is 1. The highest BCUT2D eigenvalue weighted by Crippen LogP contribution is 2.22. The van der Waals surface area contributed by atoms with Crippen molar-refractivity contribution in [1.82, 2.24) is 5.32 Å². The molecule has 23 heavy (non-hydrogen) atoms. The van der Waals surface area contributed by atoms with Crippen molar-refractivity contribution in [2.24, 2.45) is 0 Å². The van der Waals surface area contributed by atoms with Crippen LogP contribution in [-0.2, 0) is 19.7 Å². The summed E-state index contributed by atoms with van der Waals surface area (Å²) in [6, 6.07) is 5.88. The summed E-state index contributed by atoms with van der Waals surface area (Å²) in [6.45, 7) is 6.19. The normalized spacial score (nSPS) is 12.3. The zero-order valence-electron chi connectivity index (χ0n) is 13.9. The second kappa shape index (κ2) is 7.76. The fourth-order valence-corrected chi connectivity index (χ4v) is 1.98. The van der Waals surface area contributed by atoms with Crippen molar-refractivity contribution in [3.8, 4) is 0 Å². The molecular weight excluding hydrogens is 298 g/mol. The van der Waals surface area contributed by atoms with E-state index in [2.05, 4.69) is 30.8 Å². The van der Waals surface area contributed by atoms with Gasteiger partial charge in [-0.1, -0.05) is 32.9 Å². The first-order valence-corrected chi connectivity index (χ1v) is 7.36. The van der Waals surface area contributed by atoms with E-state index in [0.29, 0.717) is 5.56 Å². The van der Waals surface area contributed by atoms with E-state index in [1.54, 1.807) is 12.1 Å². The molecule has 1 aromatic rings. The molecule has 0 saturated carbocycles. The Morgan fingerprint density at radius 1 is 1.17 bits per heavy atom. The number of carboxylic acids is 1. The number of carboxylic acid groups (broad SMARTS) is 1. The third-order valence-electron chi connectivity index (χ3n) is 3.48. The molecule has 126 valence electrons. The molecule has 2 N–H and O–H groups in total. The summed E-state index contributed by atoms with van der Waals surface area (Å²) in [5, 5.41) is 11.6. The number of hydrogen-bond donors (Lipinski definition) is 2. The Labute approximate surface area is 135 Å². The molecule has 0 fully saturated rings. The van der Waals surface area contributed by atoms with E-state index < -0.39 is 23.9 Å². The smallest absolute Gasteiger partial charge is 0.326 e. The lowest BCUT2D eigenvalue weighted by Crippen LogP contribution is -2.41. The lowest BCUT2D eigenvalue weighted by Gasteiger charge is -2.19. The molecule has 0 aromatic heterocycles. The van der Waals surface area contributed by atoms with Crippen molar-refractivity contribution in [2.45, 2.75) is 45.1 Å². The molecule has 0 bridgehead atoms. The van der Waals surface area contributed by atoms with Crippen molar-refractivity contribution >= 4 is 17.8 Å². The molecule has 0 heterocycles. The van der Waals surface area contributed by atoms with Crippen molar-refractivity contribution in [1.29, 1.82) is 0 Å². The SMILES string of the molecule is COC(=O)CC[C@@H](NC(=O)c1ccc(C(C)(C)C)cc1)C(=O)O. The summed E-state index contributed by atoms with van der Waals surface area (Å²) in [4.78, 5) is 34.4. The zero-order valence-corrected chi connectivity index (χ0v) is 13.9. The predicted molar refractivity (Wildman–Crippen MR) is 85.3 cm³/mol. The summed E-state index contributed by atoms with van der Waals surface area (Å²) < 4.78 is 4.47. The van der Waals surface area contributed by atoms with Gasteiger partial charge in [0.2, 0.25) is 0 Å². The van der Waals surface area contributed by atoms with Gasteiger partial charge in [0.15, 0.2) is 0 Å². The van der Waals surface area contributed by atoms with E-state index in [9.17, 15) is 14.4 Å². The molecule has 1 aromatic carbocycles. The van der Waals surface area contributed by atoms with Gasteiger partial charge in [0.1, 0.15) is 6.04 Å². The van der Waals surface area contributed by atoms with Crippen LogP contribution in [-0.4, -0.2) is 36.1 Å². The number of nitrogens with one attached hydrogen (secondary N) is 1. The number of benzene rings is 1. The maximum Gasteiger partial charge on any atom is 0.326 e. The van der Waals surface area contributed by atoms with Gasteiger partial charge in [0.05, 0.1) is 7.11 Å². The van der Waals surface area contributed by atoms with Crippen LogP contribution in [0.1, 0.15) is 49.5 Å². The standard InChI is InChI=1S/C17H23NO5/c1-17(2,3)12-7-5-11(6-8-12)15(20)18-13(16(21)22)9-10-14(19)23-4/h5-8,13H,9-10H2,1-4H3,(H,18,20)(H,21,22)/t13-/m1/s1. The van der Waals surface area contributed by atoms with Crippen molar-refractivity contribution < 1.29 is 24.2 Å². The second-order valence-electron chi connectivity index (χ2n) is 6.31. The monoisotopic (exact) mass is 321 g/mol. The summed E-state index contributed by atoms with van der Waals surface area (Å²) in [5.74, 6) is -2.18. The van der Waals surface area contributed by atoms with Gasteiger partial charge < -0.3 is 15.2 Å². The van der Waals surface area contributed by atoms with Crippen LogP contribution in [0.2, 0.25) is 0 Å². The van der Waals surface area contributed by atoms with Crippen LogP contribution in [0, 0.1) is 0 Å². The first-order chi connectivity index (χ1) is 10.6. The van der Waals surface area contributed by atoms with E-state index in [-0.39, 0.29) is 18.3 Å². The van der Waals surface area contributed by atoms with E-state index in [1.807, 2.05) is 12.1 Å². The van der Waals surface area contributed by atoms with Gasteiger partial charge in [0, 0.05) is 12.0 Å². The highest BCUT2D eigenvalue weighted by molar-refractivity contribution is 5.96. The zero-order chi connectivity index (χ0) is 17.6. The Bertz CT molecular complexity index is 572. The van der Waals surface area contributed by atoms with E-state index >= 15 is 0 Å². The molecule has 0 saturated heterocycles. The van der Waals surface area contributed by atoms with Crippen LogP contribution in [0.3, 0.4) is 0 Å². The van der Waals surface area contributed by atoms with Gasteiger partial charge in [-0.15, -0.1) is 0 Å². The van der Waals surface area contributed by atoms with Crippen LogP contribution in [0.4, 0.5) is 0 Å². The van der Waals surface area contributed by atoms with Crippen molar-refractivity contribution in [2.75, 3.05) is 7.11 Å². The summed E-state index contributed by atoms with van der Waals surface area (Å²) in [7, 11) is 1.23. The summed E-state index contributed by atoms with van der Waals surface area (Å²) >= 11 is 0. The van der Waals surface area contributed by atoms with Crippen molar-refractivity contribution in [3.05, 3.63) is 35.4 Å². The average molecular weight is 321 g/mol. The molecule has 0 aliphatic heterocycles. The Morgan fingerprint density at radius 2 is 1.74 bits per heavy atom. The highest BCUT2D eigenvalue weighted by Gasteiger charge is 2.22. The maximum absolute atomic E-state index is 12.1. The molecule has 0 aliphatic carbocycles. The van der Waals surface area contributed by atoms with Crippen LogP contribution in [0.25, 0.3) is 0 Å². The average Bonchev–Trinajstić information content (AvgIpc) is 2.49. The quantitative estimate of drug-likeness (QED) is 0.783. The van der Waals surface area contributed by atoms with Crippen LogP contribution >= 0.6 is 0 Å². The number of carbonyl (C=O) groups is 3. The molecule has 0 radical (unpaired) electrons. The third-order valence-corrected chi connectivity index (χ3v) is 3.48. The number of carbonyl (C=O) groups excluding carboxylic acids is 2. The minimum atomic E-state index is -1.19. The Kier molecular flexibility index (Phi) is 6.30. The lowest BCUT2D eigenvalue weighted by atomic mass is 9.86. The van der Waals surface area contributed by atoms with Gasteiger partial charge in [-0.2, -0.15) is 0 Å². The molecule has 6 nitrogen and oxygen atoms in total. The van der Waals surface area contributed by atoms with Crippen LogP contribution < -0.4 is 5.32 Å². The predicted octanol–water partition coefficient (Wildman–Crippen LogP) is 2.12. The van der Waals surface area contributed by atoms with E-state index in [0.717, 1.165) is 5.56 Å². The molecule has 1 rings (SSSR count). The third kappa shape index (κ3) is 5.73. The van der Waals surface area contributed by atoms with Gasteiger partial charge in [-0.3, -0.25) is 9.59 Å². The van der Waals surface area contributed by atoms with Gasteiger partial charge in [-0.25, -0.2) is 4.79 Å². The number of hydrogen-bond acceptors (Lipinski definition) is 4. The maximum atomic E-state index is 12.1. The number of aliphatic carboxylic acids is 1. The largest absolute Gasteiger partial charge is 0.480 e. The van der Waals surface area contributed by atoms with Crippen molar-refractivity contribution in [3.63, 3.8) is 0 Å². The molecule has 1 atom stereocenters. The van der Waals surface area contributed by atoms with Gasteiger partial charge in [-0.05, 0) is 29.5 Å². The van der Waals surface area contributed by atoms with Crippen LogP contribution in [0.15, 0.2) is 24.3 Å². The van der Waals surface area contributed by atoms with Gasteiger partial charge >= 0.3 is 11.9 Å². The second-order valence-corrected chi connectivity index (χ2v) is 6.31. The lowest BCUT2D eigenvalue weighted by molar-refractivity contribution is -0.142.